The van der Waals surface area contributed by atoms with Gasteiger partial charge in [0.2, 0.25) is 11.8 Å². The molecule has 0 heterocycles. The van der Waals surface area contributed by atoms with Crippen molar-refractivity contribution in [2.24, 2.45) is 0 Å². The molecule has 0 aromatic heterocycles. The maximum Gasteiger partial charge on any atom is 0.292 e. The van der Waals surface area contributed by atoms with Gasteiger partial charge in [-0.3, -0.25) is 19.7 Å². The second-order valence-electron chi connectivity index (χ2n) is 6.11. The van der Waals surface area contributed by atoms with Crippen LogP contribution in [-0.4, -0.2) is 27.7 Å². The van der Waals surface area contributed by atoms with Crippen molar-refractivity contribution >= 4 is 35.0 Å². The van der Waals surface area contributed by atoms with Crippen LogP contribution in [0.3, 0.4) is 0 Å². The minimum absolute atomic E-state index is 0.0372. The van der Waals surface area contributed by atoms with Crippen molar-refractivity contribution in [2.45, 2.75) is 31.6 Å². The van der Waals surface area contributed by atoms with Crippen LogP contribution in [0.1, 0.15) is 25.3 Å². The average molecular weight is 401 g/mol. The largest absolute Gasteiger partial charge is 0.351 e. The normalized spacial score (nSPS) is 11.5. The number of hydrogen-bond acceptors (Lipinski definition) is 5. The number of benzene rings is 2. The van der Waals surface area contributed by atoms with Crippen LogP contribution in [0.2, 0.25) is 0 Å². The summed E-state index contributed by atoms with van der Waals surface area (Å²) in [7, 11) is 0. The molecule has 0 aliphatic carbocycles. The van der Waals surface area contributed by atoms with Crippen LogP contribution < -0.4 is 10.6 Å². The Hall–Kier alpha value is -2.87. The molecule has 2 amide bonds. The van der Waals surface area contributed by atoms with E-state index in [1.165, 1.54) is 30.0 Å². The molecule has 148 valence electrons. The molecule has 0 saturated carbocycles. The summed E-state index contributed by atoms with van der Waals surface area (Å²) in [6, 6.07) is 15.6. The lowest BCUT2D eigenvalue weighted by Crippen LogP contribution is -2.33. The number of nitro groups is 1. The zero-order valence-corrected chi connectivity index (χ0v) is 16.4. The van der Waals surface area contributed by atoms with E-state index in [0.717, 1.165) is 12.0 Å². The van der Waals surface area contributed by atoms with Gasteiger partial charge in [-0.05, 0) is 18.1 Å². The summed E-state index contributed by atoms with van der Waals surface area (Å²) in [6.07, 6.45) is 1.45. The van der Waals surface area contributed by atoms with Gasteiger partial charge in [0.05, 0.1) is 15.9 Å². The lowest BCUT2D eigenvalue weighted by Gasteiger charge is -2.16. The fourth-order valence-electron chi connectivity index (χ4n) is 2.55. The summed E-state index contributed by atoms with van der Waals surface area (Å²) in [5.74, 6) is -0.458. The second kappa shape index (κ2) is 11.1. The van der Waals surface area contributed by atoms with Crippen molar-refractivity contribution in [1.29, 1.82) is 0 Å². The van der Waals surface area contributed by atoms with E-state index in [1.807, 2.05) is 37.3 Å². The number of nitrogens with one attached hydrogen (secondary N) is 2. The second-order valence-corrected chi connectivity index (χ2v) is 7.31. The van der Waals surface area contributed by atoms with E-state index in [4.69, 9.17) is 0 Å². The summed E-state index contributed by atoms with van der Waals surface area (Å²) >= 11 is 1.24. The Balaban J connectivity index is 1.89. The first-order chi connectivity index (χ1) is 13.5. The fraction of sp³-hybridized carbons (Fsp3) is 0.300. The molecule has 0 bridgehead atoms. The highest BCUT2D eigenvalue weighted by atomic mass is 32.2. The first kappa shape index (κ1) is 21.4. The number of nitrogens with zero attached hydrogens (tertiary/aromatic N) is 1. The number of anilines is 1. The van der Waals surface area contributed by atoms with Crippen LogP contribution in [0.4, 0.5) is 11.4 Å². The van der Waals surface area contributed by atoms with Gasteiger partial charge in [0.25, 0.3) is 5.69 Å². The SMILES string of the molecule is CCCC(SCC(=O)Nc1ccccc1[N+](=O)[O-])C(=O)NCc1ccccc1. The van der Waals surface area contributed by atoms with Crippen LogP contribution in [0.5, 0.6) is 0 Å². The Kier molecular flexibility index (Phi) is 8.48. The van der Waals surface area contributed by atoms with E-state index >= 15 is 0 Å². The number of para-hydroxylation sites is 2. The molecule has 8 heteroatoms. The predicted octanol–water partition coefficient (Wildman–Crippen LogP) is 3.75. The third-order valence-electron chi connectivity index (χ3n) is 3.94. The zero-order chi connectivity index (χ0) is 20.4. The summed E-state index contributed by atoms with van der Waals surface area (Å²) in [4.78, 5) is 35.2. The van der Waals surface area contributed by atoms with E-state index < -0.39 is 4.92 Å². The van der Waals surface area contributed by atoms with Gasteiger partial charge < -0.3 is 10.6 Å². The van der Waals surface area contributed by atoms with Gasteiger partial charge in [-0.15, -0.1) is 11.8 Å². The van der Waals surface area contributed by atoms with E-state index in [1.54, 1.807) is 6.07 Å². The number of carbonyl (C=O) groups is 2. The zero-order valence-electron chi connectivity index (χ0n) is 15.6. The van der Waals surface area contributed by atoms with Crippen LogP contribution in [-0.2, 0) is 16.1 Å². The lowest BCUT2D eigenvalue weighted by molar-refractivity contribution is -0.383. The molecule has 2 aromatic rings. The van der Waals surface area contributed by atoms with Crippen molar-refractivity contribution in [3.05, 3.63) is 70.3 Å². The lowest BCUT2D eigenvalue weighted by atomic mass is 10.2. The van der Waals surface area contributed by atoms with E-state index in [0.29, 0.717) is 13.0 Å². The standard InChI is InChI=1S/C20H23N3O4S/c1-2-8-18(20(25)21-13-15-9-4-3-5-10-15)28-14-19(24)22-16-11-6-7-12-17(16)23(26)27/h3-7,9-12,18H,2,8,13-14H2,1H3,(H,21,25)(H,22,24). The highest BCUT2D eigenvalue weighted by Crippen LogP contribution is 2.24. The third kappa shape index (κ3) is 6.70. The molecule has 0 aliphatic heterocycles. The molecule has 28 heavy (non-hydrogen) atoms. The van der Waals surface area contributed by atoms with Gasteiger partial charge in [0.1, 0.15) is 5.69 Å². The highest BCUT2D eigenvalue weighted by molar-refractivity contribution is 8.01. The monoisotopic (exact) mass is 401 g/mol. The van der Waals surface area contributed by atoms with Crippen molar-refractivity contribution in [1.82, 2.24) is 5.32 Å². The highest BCUT2D eigenvalue weighted by Gasteiger charge is 2.20. The fourth-order valence-corrected chi connectivity index (χ4v) is 3.61. The Morgan fingerprint density at radius 3 is 2.46 bits per heavy atom. The van der Waals surface area contributed by atoms with Gasteiger partial charge in [0.15, 0.2) is 0 Å². The third-order valence-corrected chi connectivity index (χ3v) is 5.22. The smallest absolute Gasteiger partial charge is 0.292 e. The first-order valence-electron chi connectivity index (χ1n) is 8.97. The maximum atomic E-state index is 12.5. The first-order valence-corrected chi connectivity index (χ1v) is 10.0. The van der Waals surface area contributed by atoms with Gasteiger partial charge in [-0.2, -0.15) is 0 Å². The molecule has 0 fully saturated rings. The van der Waals surface area contributed by atoms with E-state index in [9.17, 15) is 19.7 Å². The van der Waals surface area contributed by atoms with Crippen molar-refractivity contribution in [3.63, 3.8) is 0 Å². The topological polar surface area (TPSA) is 101 Å². The van der Waals surface area contributed by atoms with Crippen LogP contribution in [0, 0.1) is 10.1 Å². The number of amides is 2. The maximum absolute atomic E-state index is 12.5. The number of nitro benzene ring substituents is 1. The van der Waals surface area contributed by atoms with Crippen molar-refractivity contribution in [3.8, 4) is 0 Å². The molecule has 7 nitrogen and oxygen atoms in total. The average Bonchev–Trinajstić information content (AvgIpc) is 2.70. The molecule has 0 saturated heterocycles. The molecule has 0 radical (unpaired) electrons. The van der Waals surface area contributed by atoms with E-state index in [-0.39, 0.29) is 34.2 Å². The number of thioether (sulfide) groups is 1. The molecule has 1 atom stereocenters. The Morgan fingerprint density at radius 2 is 1.79 bits per heavy atom. The van der Waals surface area contributed by atoms with Crippen molar-refractivity contribution < 1.29 is 14.5 Å². The van der Waals surface area contributed by atoms with Crippen LogP contribution >= 0.6 is 11.8 Å². The minimum Gasteiger partial charge on any atom is -0.351 e. The number of rotatable bonds is 10. The molecule has 1 unspecified atom stereocenters. The van der Waals surface area contributed by atoms with Crippen LogP contribution in [0.15, 0.2) is 54.6 Å². The molecule has 2 aromatic carbocycles. The molecular formula is C20H23N3O4S. The van der Waals surface area contributed by atoms with Gasteiger partial charge in [0, 0.05) is 12.6 Å². The summed E-state index contributed by atoms with van der Waals surface area (Å²) < 4.78 is 0. The minimum atomic E-state index is -0.542. The molecule has 0 spiro atoms. The van der Waals surface area contributed by atoms with E-state index in [2.05, 4.69) is 10.6 Å². The molecular weight excluding hydrogens is 378 g/mol. The molecule has 2 rings (SSSR count). The summed E-state index contributed by atoms with van der Waals surface area (Å²) in [5, 5.41) is 16.1. The Labute approximate surface area is 168 Å². The Morgan fingerprint density at radius 1 is 1.11 bits per heavy atom. The van der Waals surface area contributed by atoms with Gasteiger partial charge in [-0.25, -0.2) is 0 Å². The molecule has 0 aliphatic rings. The quantitative estimate of drug-likeness (QED) is 0.466. The Bertz CT molecular complexity index is 814. The van der Waals surface area contributed by atoms with Gasteiger partial charge in [-0.1, -0.05) is 55.8 Å². The number of carbonyl (C=O) groups excluding carboxylic acids is 2. The number of hydrogen-bond donors (Lipinski definition) is 2. The van der Waals surface area contributed by atoms with Crippen LogP contribution in [0.25, 0.3) is 0 Å². The van der Waals surface area contributed by atoms with Gasteiger partial charge >= 0.3 is 0 Å². The van der Waals surface area contributed by atoms with Crippen molar-refractivity contribution in [2.75, 3.05) is 11.1 Å². The predicted molar refractivity (Wildman–Crippen MR) is 111 cm³/mol. The molecule has 2 N–H and O–H groups in total. The summed E-state index contributed by atoms with van der Waals surface area (Å²) in [6.45, 7) is 2.41. The summed E-state index contributed by atoms with van der Waals surface area (Å²) in [5.41, 5.74) is 0.996.